The normalized spacial score (nSPS) is 16.1. The lowest BCUT2D eigenvalue weighted by Gasteiger charge is -2.28. The highest BCUT2D eigenvalue weighted by molar-refractivity contribution is 7.80. The fraction of sp³-hybridized carbons (Fsp3) is 0.524. The molecule has 1 fully saturated rings. The van der Waals surface area contributed by atoms with Gasteiger partial charge in [0.1, 0.15) is 5.75 Å². The molecule has 0 aliphatic carbocycles. The van der Waals surface area contributed by atoms with Gasteiger partial charge in [-0.3, -0.25) is 4.79 Å². The molecule has 0 bridgehead atoms. The van der Waals surface area contributed by atoms with Gasteiger partial charge >= 0.3 is 0 Å². The highest BCUT2D eigenvalue weighted by Gasteiger charge is 2.22. The van der Waals surface area contributed by atoms with Crippen molar-refractivity contribution in [3.63, 3.8) is 0 Å². The zero-order chi connectivity index (χ0) is 20.6. The van der Waals surface area contributed by atoms with Gasteiger partial charge in [-0.2, -0.15) is 0 Å². The Morgan fingerprint density at radius 2 is 2.28 bits per heavy atom. The lowest BCUT2D eigenvalue weighted by molar-refractivity contribution is 0.0895. The molecule has 1 aliphatic heterocycles. The maximum Gasteiger partial charge on any atom is 0.253 e. The lowest BCUT2D eigenvalue weighted by Crippen LogP contribution is -2.44. The maximum absolute atomic E-state index is 12.7. The first-order chi connectivity index (χ1) is 14.1. The summed E-state index contributed by atoms with van der Waals surface area (Å²) in [5.74, 6) is 0.783. The van der Waals surface area contributed by atoms with E-state index in [1.165, 1.54) is 0 Å². The fourth-order valence-corrected chi connectivity index (χ4v) is 3.68. The molecule has 7 nitrogen and oxygen atoms in total. The molecule has 0 amide bonds. The predicted octanol–water partition coefficient (Wildman–Crippen LogP) is 2.43. The summed E-state index contributed by atoms with van der Waals surface area (Å²) in [6.45, 7) is 5.55. The van der Waals surface area contributed by atoms with Crippen LogP contribution < -0.4 is 15.6 Å². The molecule has 0 unspecified atom stereocenters. The van der Waals surface area contributed by atoms with Crippen LogP contribution in [0.4, 0.5) is 0 Å². The molecule has 2 heterocycles. The van der Waals surface area contributed by atoms with Crippen molar-refractivity contribution in [2.45, 2.75) is 32.4 Å². The quantitative estimate of drug-likeness (QED) is 0.478. The van der Waals surface area contributed by atoms with Crippen LogP contribution in [0.2, 0.25) is 0 Å². The number of ether oxygens (including phenoxy) is 3. The number of nitrogens with one attached hydrogen (secondary N) is 2. The molecule has 1 aromatic carbocycles. The van der Waals surface area contributed by atoms with Crippen molar-refractivity contribution in [1.29, 1.82) is 0 Å². The summed E-state index contributed by atoms with van der Waals surface area (Å²) in [5, 5.41) is 4.73. The van der Waals surface area contributed by atoms with Crippen molar-refractivity contribution >= 4 is 28.2 Å². The number of methoxy groups -OCH3 is 1. The number of fused-ring (bicyclic) bond motifs is 1. The average molecular weight is 420 g/mol. The number of hydrogen-bond acceptors (Lipinski definition) is 5. The Bertz CT molecular complexity index is 880. The van der Waals surface area contributed by atoms with Crippen LogP contribution in [0.3, 0.4) is 0 Å². The van der Waals surface area contributed by atoms with E-state index in [0.717, 1.165) is 36.1 Å². The molecular weight excluding hydrogens is 390 g/mol. The summed E-state index contributed by atoms with van der Waals surface area (Å²) in [6.07, 6.45) is 2.18. The van der Waals surface area contributed by atoms with Gasteiger partial charge in [-0.25, -0.2) is 0 Å². The highest BCUT2D eigenvalue weighted by atomic mass is 32.1. The van der Waals surface area contributed by atoms with Crippen LogP contribution in [0.5, 0.6) is 5.75 Å². The largest absolute Gasteiger partial charge is 0.494 e. The number of hydrogen-bond donors (Lipinski definition) is 2. The second-order valence-electron chi connectivity index (χ2n) is 7.05. The van der Waals surface area contributed by atoms with Gasteiger partial charge in [-0.05, 0) is 56.2 Å². The van der Waals surface area contributed by atoms with E-state index in [1.807, 2.05) is 36.1 Å². The Balaban J connectivity index is 1.82. The van der Waals surface area contributed by atoms with E-state index in [1.54, 1.807) is 7.11 Å². The number of aromatic amines is 1. The molecule has 29 heavy (non-hydrogen) atoms. The fourth-order valence-electron chi connectivity index (χ4n) is 3.43. The van der Waals surface area contributed by atoms with Crippen molar-refractivity contribution < 1.29 is 14.2 Å². The molecule has 0 saturated carbocycles. The Labute approximate surface area is 176 Å². The molecule has 1 saturated heterocycles. The molecule has 0 spiro atoms. The first-order valence-electron chi connectivity index (χ1n) is 10.0. The van der Waals surface area contributed by atoms with Gasteiger partial charge in [0.25, 0.3) is 5.56 Å². The molecule has 1 aliphatic rings. The third-order valence-electron chi connectivity index (χ3n) is 4.88. The minimum absolute atomic E-state index is 0.112. The predicted molar refractivity (Wildman–Crippen MR) is 118 cm³/mol. The molecule has 0 radical (unpaired) electrons. The first kappa shape index (κ1) is 21.5. The van der Waals surface area contributed by atoms with Crippen LogP contribution >= 0.6 is 12.2 Å². The molecule has 1 aromatic heterocycles. The van der Waals surface area contributed by atoms with Crippen molar-refractivity contribution in [3.8, 4) is 5.75 Å². The number of benzene rings is 1. The van der Waals surface area contributed by atoms with Gasteiger partial charge in [0.2, 0.25) is 0 Å². The molecule has 2 N–H and O–H groups in total. The summed E-state index contributed by atoms with van der Waals surface area (Å²) in [6, 6.07) is 7.58. The van der Waals surface area contributed by atoms with Gasteiger partial charge < -0.3 is 29.4 Å². The van der Waals surface area contributed by atoms with Crippen LogP contribution in [0.15, 0.2) is 29.1 Å². The Morgan fingerprint density at radius 3 is 3.00 bits per heavy atom. The molecule has 2 aromatic rings. The molecular formula is C21H29N3O4S. The summed E-state index contributed by atoms with van der Waals surface area (Å²) in [4.78, 5) is 17.6. The van der Waals surface area contributed by atoms with E-state index in [9.17, 15) is 4.79 Å². The number of thiocarbonyl (C=S) groups is 1. The van der Waals surface area contributed by atoms with Gasteiger partial charge in [0.05, 0.1) is 25.9 Å². The maximum atomic E-state index is 12.7. The minimum atomic E-state index is -0.112. The van der Waals surface area contributed by atoms with Gasteiger partial charge in [-0.1, -0.05) is 0 Å². The number of rotatable bonds is 9. The standard InChI is InChI=1S/C21H29N3O4S/c1-3-27-17-6-7-19-15(12-17)11-16(20(25)23-19)13-24(14-18-5-4-9-28-18)21(29)22-8-10-26-2/h6-7,11-12,18H,3-5,8-10,13-14H2,1-2H3,(H,22,29)(H,23,25)/t18-/m1/s1. The zero-order valence-corrected chi connectivity index (χ0v) is 17.8. The Kier molecular flexibility index (Phi) is 7.85. The second-order valence-corrected chi connectivity index (χ2v) is 7.43. The van der Waals surface area contributed by atoms with E-state index in [2.05, 4.69) is 10.3 Å². The summed E-state index contributed by atoms with van der Waals surface area (Å²) >= 11 is 5.59. The second kappa shape index (κ2) is 10.6. The molecule has 8 heteroatoms. The minimum Gasteiger partial charge on any atom is -0.494 e. The smallest absolute Gasteiger partial charge is 0.253 e. The molecule has 3 rings (SSSR count). The average Bonchev–Trinajstić information content (AvgIpc) is 3.22. The number of nitrogens with zero attached hydrogens (tertiary/aromatic N) is 1. The van der Waals surface area contributed by atoms with Crippen LogP contribution in [0, 0.1) is 0 Å². The van der Waals surface area contributed by atoms with E-state index >= 15 is 0 Å². The number of H-pyrrole nitrogens is 1. The Morgan fingerprint density at radius 1 is 1.41 bits per heavy atom. The van der Waals surface area contributed by atoms with Gasteiger partial charge in [0.15, 0.2) is 5.11 Å². The molecule has 158 valence electrons. The van der Waals surface area contributed by atoms with Crippen molar-refractivity contribution in [2.75, 3.05) is 40.0 Å². The topological polar surface area (TPSA) is 75.8 Å². The molecule has 1 atom stereocenters. The van der Waals surface area contributed by atoms with Crippen molar-refractivity contribution in [2.24, 2.45) is 0 Å². The lowest BCUT2D eigenvalue weighted by atomic mass is 10.1. The summed E-state index contributed by atoms with van der Waals surface area (Å²) in [7, 11) is 1.65. The summed E-state index contributed by atoms with van der Waals surface area (Å²) in [5.41, 5.74) is 1.33. The highest BCUT2D eigenvalue weighted by Crippen LogP contribution is 2.20. The zero-order valence-electron chi connectivity index (χ0n) is 17.0. The van der Waals surface area contributed by atoms with Crippen LogP contribution in [0.25, 0.3) is 10.9 Å². The number of aromatic nitrogens is 1. The third-order valence-corrected chi connectivity index (χ3v) is 5.28. The van der Waals surface area contributed by atoms with Crippen LogP contribution in [-0.2, 0) is 16.0 Å². The summed E-state index contributed by atoms with van der Waals surface area (Å²) < 4.78 is 16.5. The van der Waals surface area contributed by atoms with E-state index < -0.39 is 0 Å². The van der Waals surface area contributed by atoms with E-state index in [0.29, 0.717) is 43.5 Å². The monoisotopic (exact) mass is 419 g/mol. The van der Waals surface area contributed by atoms with Crippen LogP contribution in [0.1, 0.15) is 25.3 Å². The third kappa shape index (κ3) is 5.91. The van der Waals surface area contributed by atoms with Crippen molar-refractivity contribution in [1.82, 2.24) is 15.2 Å². The van der Waals surface area contributed by atoms with Crippen molar-refractivity contribution in [3.05, 3.63) is 40.2 Å². The van der Waals surface area contributed by atoms with Crippen LogP contribution in [-0.4, -0.2) is 61.1 Å². The SMILES string of the molecule is CCOc1ccc2[nH]c(=O)c(CN(C[C@H]3CCCO3)C(=S)NCCOC)cc2c1. The van der Waals surface area contributed by atoms with E-state index in [4.69, 9.17) is 26.4 Å². The Hall–Kier alpha value is -2.16. The van der Waals surface area contributed by atoms with Gasteiger partial charge in [-0.15, -0.1) is 0 Å². The number of pyridine rings is 1. The van der Waals surface area contributed by atoms with E-state index in [-0.39, 0.29) is 11.7 Å². The van der Waals surface area contributed by atoms with Gasteiger partial charge in [0, 0.05) is 43.3 Å². The first-order valence-corrected chi connectivity index (χ1v) is 10.4.